The number of hydrogen-bond donors (Lipinski definition) is 0. The van der Waals surface area contributed by atoms with Crippen LogP contribution in [0.1, 0.15) is 40.6 Å². The molecule has 6 aromatic carbocycles. The first-order valence-corrected chi connectivity index (χ1v) is 16.2. The Morgan fingerprint density at radius 1 is 0.756 bits per heavy atom. The number of rotatable bonds is 4. The third-order valence-electron chi connectivity index (χ3n) is 9.47. The fraction of sp³-hybridized carbons (Fsp3) is 0.0732. The van der Waals surface area contributed by atoms with E-state index in [-0.39, 0.29) is 0 Å². The molecule has 0 radical (unpaired) electrons. The van der Waals surface area contributed by atoms with Gasteiger partial charge in [0.1, 0.15) is 5.82 Å². The largest absolute Gasteiger partial charge is 0.295 e. The van der Waals surface area contributed by atoms with Crippen molar-refractivity contribution in [2.75, 3.05) is 0 Å². The maximum absolute atomic E-state index is 9.71. The van der Waals surface area contributed by atoms with E-state index in [9.17, 15) is 5.26 Å². The van der Waals surface area contributed by atoms with Crippen molar-refractivity contribution >= 4 is 42.5 Å². The van der Waals surface area contributed by atoms with E-state index in [0.717, 1.165) is 34.5 Å². The Morgan fingerprint density at radius 3 is 2.29 bits per heavy atom. The first-order valence-electron chi connectivity index (χ1n) is 15.4. The first-order chi connectivity index (χ1) is 22.2. The molecular weight excluding hydrogens is 567 g/mol. The van der Waals surface area contributed by atoms with E-state index < -0.39 is 5.41 Å². The lowest BCUT2D eigenvalue weighted by Gasteiger charge is -2.34. The maximum Gasteiger partial charge on any atom is 0.114 e. The van der Waals surface area contributed by atoms with E-state index in [1.165, 1.54) is 48.0 Å². The minimum Gasteiger partial charge on any atom is -0.295 e. The van der Waals surface area contributed by atoms with E-state index in [0.29, 0.717) is 5.56 Å². The fourth-order valence-corrected chi connectivity index (χ4v) is 8.87. The summed E-state index contributed by atoms with van der Waals surface area (Å²) in [5, 5.41) is 12.3. The van der Waals surface area contributed by atoms with Crippen LogP contribution in [0.5, 0.6) is 0 Å². The van der Waals surface area contributed by atoms with Crippen LogP contribution in [0.25, 0.3) is 48.0 Å². The van der Waals surface area contributed by atoms with Gasteiger partial charge >= 0.3 is 0 Å². The van der Waals surface area contributed by atoms with E-state index in [1.807, 2.05) is 23.5 Å². The molecule has 2 aromatic heterocycles. The summed E-state index contributed by atoms with van der Waals surface area (Å²) in [6, 6.07) is 50.1. The van der Waals surface area contributed by atoms with Gasteiger partial charge in [0.15, 0.2) is 0 Å². The van der Waals surface area contributed by atoms with Crippen LogP contribution in [0.4, 0.5) is 0 Å². The molecule has 1 aliphatic carbocycles. The molecular formula is C41H27N3S. The number of nitriles is 1. The molecule has 0 N–H and O–H groups in total. The molecule has 3 nitrogen and oxygen atoms in total. The SMILES string of the molecule is CCc1nc2ccccc2n1-c1cc2c(c3c1sc1ccccc13)-c1ccccc1C2(c1ccccc1)c1ccc(C#N)cc1. The molecule has 8 aromatic rings. The van der Waals surface area contributed by atoms with E-state index in [1.54, 1.807) is 0 Å². The average Bonchev–Trinajstić information content (AvgIpc) is 3.77. The lowest BCUT2D eigenvalue weighted by molar-refractivity contribution is 0.767. The van der Waals surface area contributed by atoms with Crippen LogP contribution in [0.15, 0.2) is 133 Å². The van der Waals surface area contributed by atoms with Crippen LogP contribution in [-0.4, -0.2) is 9.55 Å². The highest BCUT2D eigenvalue weighted by molar-refractivity contribution is 7.26. The number of nitrogens with zero attached hydrogens (tertiary/aromatic N) is 3. The molecule has 212 valence electrons. The number of benzene rings is 6. The molecule has 0 saturated heterocycles. The fourth-order valence-electron chi connectivity index (χ4n) is 7.65. The van der Waals surface area contributed by atoms with Crippen molar-refractivity contribution < 1.29 is 0 Å². The Morgan fingerprint density at radius 2 is 1.47 bits per heavy atom. The summed E-state index contributed by atoms with van der Waals surface area (Å²) < 4.78 is 4.94. The molecule has 0 amide bonds. The number of hydrogen-bond acceptors (Lipinski definition) is 3. The van der Waals surface area contributed by atoms with Gasteiger partial charge in [0, 0.05) is 21.9 Å². The van der Waals surface area contributed by atoms with Gasteiger partial charge in [0.25, 0.3) is 0 Å². The topological polar surface area (TPSA) is 41.6 Å². The minimum absolute atomic E-state index is 0.587. The van der Waals surface area contributed by atoms with Crippen molar-refractivity contribution in [3.05, 3.63) is 167 Å². The molecule has 1 atom stereocenters. The van der Waals surface area contributed by atoms with Gasteiger partial charge in [-0.25, -0.2) is 4.98 Å². The molecule has 9 rings (SSSR count). The lowest BCUT2D eigenvalue weighted by atomic mass is 9.67. The van der Waals surface area contributed by atoms with Crippen LogP contribution >= 0.6 is 11.3 Å². The van der Waals surface area contributed by atoms with Gasteiger partial charge in [-0.05, 0) is 69.8 Å². The van der Waals surface area contributed by atoms with Gasteiger partial charge in [0.05, 0.1) is 38.5 Å². The summed E-state index contributed by atoms with van der Waals surface area (Å²) in [6.07, 6.45) is 0.817. The Bertz CT molecular complexity index is 2480. The van der Waals surface area contributed by atoms with Crippen molar-refractivity contribution in [2.24, 2.45) is 0 Å². The highest BCUT2D eigenvalue weighted by Gasteiger charge is 2.47. The summed E-state index contributed by atoms with van der Waals surface area (Å²) >= 11 is 1.87. The number of thiophene rings is 1. The van der Waals surface area contributed by atoms with Crippen LogP contribution in [-0.2, 0) is 11.8 Å². The molecule has 1 unspecified atom stereocenters. The standard InChI is InChI=1S/C41H27N3S/c1-2-37-43-33-17-9-10-18-34(33)44(37)35-24-32-38(39-30-15-7-11-19-36(30)45-40(35)39)29-14-6-8-16-31(29)41(32,27-12-4-3-5-13-27)28-22-20-26(25-42)21-23-28/h3-24H,2H2,1H3. The second-order valence-corrected chi connectivity index (χ2v) is 12.7. The summed E-state index contributed by atoms with van der Waals surface area (Å²) in [7, 11) is 0. The van der Waals surface area contributed by atoms with Crippen molar-refractivity contribution in [2.45, 2.75) is 18.8 Å². The normalized spacial score (nSPS) is 15.4. The van der Waals surface area contributed by atoms with Crippen molar-refractivity contribution in [1.82, 2.24) is 9.55 Å². The summed E-state index contributed by atoms with van der Waals surface area (Å²) in [6.45, 7) is 2.19. The Labute approximate surface area is 265 Å². The Kier molecular flexibility index (Phi) is 5.63. The van der Waals surface area contributed by atoms with Gasteiger partial charge in [-0.1, -0.05) is 104 Å². The number of imidazole rings is 1. The Balaban J connectivity index is 1.53. The monoisotopic (exact) mass is 593 g/mol. The third kappa shape index (κ3) is 3.47. The lowest BCUT2D eigenvalue weighted by Crippen LogP contribution is -2.28. The van der Waals surface area contributed by atoms with Crippen molar-refractivity contribution in [3.63, 3.8) is 0 Å². The molecule has 45 heavy (non-hydrogen) atoms. The summed E-state index contributed by atoms with van der Waals surface area (Å²) in [4.78, 5) is 5.11. The zero-order valence-electron chi connectivity index (χ0n) is 24.7. The first kappa shape index (κ1) is 25.9. The van der Waals surface area contributed by atoms with Gasteiger partial charge in [0.2, 0.25) is 0 Å². The minimum atomic E-state index is -0.587. The predicted octanol–water partition coefficient (Wildman–Crippen LogP) is 10.2. The van der Waals surface area contributed by atoms with E-state index in [2.05, 4.69) is 139 Å². The molecule has 0 aliphatic heterocycles. The van der Waals surface area contributed by atoms with Gasteiger partial charge in [-0.3, -0.25) is 4.57 Å². The smallest absolute Gasteiger partial charge is 0.114 e. The molecule has 1 aliphatic rings. The third-order valence-corrected chi connectivity index (χ3v) is 10.7. The van der Waals surface area contributed by atoms with Crippen LogP contribution in [0.3, 0.4) is 0 Å². The number of aromatic nitrogens is 2. The van der Waals surface area contributed by atoms with Gasteiger partial charge in [-0.15, -0.1) is 11.3 Å². The number of aryl methyl sites for hydroxylation is 1. The second-order valence-electron chi connectivity index (χ2n) is 11.7. The van der Waals surface area contributed by atoms with Gasteiger partial charge < -0.3 is 0 Å². The molecule has 0 fully saturated rings. The maximum atomic E-state index is 9.71. The molecule has 4 heteroatoms. The summed E-state index contributed by atoms with van der Waals surface area (Å²) in [5.74, 6) is 1.05. The van der Waals surface area contributed by atoms with Crippen LogP contribution in [0, 0.1) is 11.3 Å². The highest BCUT2D eigenvalue weighted by atomic mass is 32.1. The second kappa shape index (κ2) is 9.75. The molecule has 0 saturated carbocycles. The zero-order valence-corrected chi connectivity index (χ0v) is 25.5. The van der Waals surface area contributed by atoms with E-state index >= 15 is 0 Å². The quantitative estimate of drug-likeness (QED) is 0.204. The zero-order chi connectivity index (χ0) is 30.1. The molecule has 0 spiro atoms. The highest BCUT2D eigenvalue weighted by Crippen LogP contribution is 2.60. The summed E-state index contributed by atoms with van der Waals surface area (Å²) in [5.41, 5.74) is 10.8. The Hall–Kier alpha value is -5.50. The number of fused-ring (bicyclic) bond motifs is 8. The van der Waals surface area contributed by atoms with Gasteiger partial charge in [-0.2, -0.15) is 5.26 Å². The molecule has 2 heterocycles. The average molecular weight is 594 g/mol. The molecule has 0 bridgehead atoms. The number of para-hydroxylation sites is 2. The van der Waals surface area contributed by atoms with Crippen molar-refractivity contribution in [3.8, 4) is 22.9 Å². The van der Waals surface area contributed by atoms with Crippen LogP contribution < -0.4 is 0 Å². The van der Waals surface area contributed by atoms with Crippen molar-refractivity contribution in [1.29, 1.82) is 5.26 Å². The van der Waals surface area contributed by atoms with E-state index in [4.69, 9.17) is 4.98 Å². The predicted molar refractivity (Wildman–Crippen MR) is 185 cm³/mol. The van der Waals surface area contributed by atoms with Crippen LogP contribution in [0.2, 0.25) is 0 Å².